The maximum atomic E-state index is 11.1. The Bertz CT molecular complexity index is 475. The predicted molar refractivity (Wildman–Crippen MR) is 76.7 cm³/mol. The Labute approximate surface area is 116 Å². The van der Waals surface area contributed by atoms with Crippen LogP contribution < -0.4 is 10.5 Å². The van der Waals surface area contributed by atoms with E-state index >= 15 is 0 Å². The number of thioether (sulfide) groups is 1. The van der Waals surface area contributed by atoms with Crippen molar-refractivity contribution in [3.8, 4) is 5.75 Å². The lowest BCUT2D eigenvalue weighted by Gasteiger charge is -2.14. The molecule has 1 aliphatic heterocycles. The monoisotopic (exact) mass is 279 g/mol. The van der Waals surface area contributed by atoms with Gasteiger partial charge in [0.15, 0.2) is 0 Å². The fourth-order valence-electron chi connectivity index (χ4n) is 1.99. The second-order valence-corrected chi connectivity index (χ2v) is 5.50. The van der Waals surface area contributed by atoms with Gasteiger partial charge in [-0.25, -0.2) is 4.79 Å². The number of primary amides is 1. The summed E-state index contributed by atoms with van der Waals surface area (Å²) in [4.78, 5) is 12.4. The molecule has 1 saturated heterocycles. The van der Waals surface area contributed by atoms with E-state index in [1.807, 2.05) is 24.3 Å². The maximum absolute atomic E-state index is 11.1. The summed E-state index contributed by atoms with van der Waals surface area (Å²) in [5.74, 6) is 1.97. The normalized spacial score (nSPS) is 18.7. The molecular formula is C13H17N3O2S. The molecule has 0 spiro atoms. The highest BCUT2D eigenvalue weighted by Gasteiger charge is 2.31. The summed E-state index contributed by atoms with van der Waals surface area (Å²) in [6.07, 6.45) is 0.794. The zero-order valence-corrected chi connectivity index (χ0v) is 11.6. The van der Waals surface area contributed by atoms with Crippen LogP contribution in [0.15, 0.2) is 24.3 Å². The van der Waals surface area contributed by atoms with Gasteiger partial charge in [0.1, 0.15) is 11.6 Å². The van der Waals surface area contributed by atoms with E-state index in [1.165, 1.54) is 10.5 Å². The van der Waals surface area contributed by atoms with Crippen molar-refractivity contribution in [2.45, 2.75) is 17.4 Å². The summed E-state index contributed by atoms with van der Waals surface area (Å²) < 4.78 is 5.11. The summed E-state index contributed by atoms with van der Waals surface area (Å²) in [7, 11) is 1.64. The number of ether oxygens (including phenoxy) is 1. The lowest BCUT2D eigenvalue weighted by Crippen LogP contribution is -2.37. The fourth-order valence-corrected chi connectivity index (χ4v) is 3.13. The van der Waals surface area contributed by atoms with E-state index in [-0.39, 0.29) is 5.25 Å². The third-order valence-electron chi connectivity index (χ3n) is 3.09. The van der Waals surface area contributed by atoms with Gasteiger partial charge in [0.25, 0.3) is 0 Å². The van der Waals surface area contributed by atoms with Crippen molar-refractivity contribution in [2.75, 3.05) is 13.7 Å². The molecule has 0 saturated carbocycles. The Morgan fingerprint density at radius 3 is 2.74 bits per heavy atom. The molecule has 102 valence electrons. The second kappa shape index (κ2) is 5.97. The summed E-state index contributed by atoms with van der Waals surface area (Å²) >= 11 is 1.67. The van der Waals surface area contributed by atoms with E-state index in [4.69, 9.17) is 15.9 Å². The van der Waals surface area contributed by atoms with Crippen LogP contribution >= 0.6 is 11.8 Å². The Balaban J connectivity index is 1.89. The zero-order valence-electron chi connectivity index (χ0n) is 10.8. The highest BCUT2D eigenvalue weighted by molar-refractivity contribution is 7.99. The van der Waals surface area contributed by atoms with Crippen LogP contribution in [0.5, 0.6) is 5.75 Å². The van der Waals surface area contributed by atoms with Gasteiger partial charge in [0.05, 0.1) is 12.4 Å². The molecule has 2 rings (SSSR count). The molecule has 1 unspecified atom stereocenters. The molecule has 1 heterocycles. The van der Waals surface area contributed by atoms with Crippen molar-refractivity contribution >= 4 is 23.6 Å². The van der Waals surface area contributed by atoms with E-state index in [1.54, 1.807) is 18.9 Å². The lowest BCUT2D eigenvalue weighted by atomic mass is 10.2. The highest BCUT2D eigenvalue weighted by Crippen LogP contribution is 2.27. The van der Waals surface area contributed by atoms with Crippen LogP contribution in [0.1, 0.15) is 12.0 Å². The van der Waals surface area contributed by atoms with E-state index < -0.39 is 6.03 Å². The van der Waals surface area contributed by atoms with E-state index in [9.17, 15) is 4.79 Å². The third kappa shape index (κ3) is 3.20. The Hall–Kier alpha value is -1.69. The summed E-state index contributed by atoms with van der Waals surface area (Å²) in [5.41, 5.74) is 6.39. The largest absolute Gasteiger partial charge is 0.497 e. The first kappa shape index (κ1) is 13.7. The van der Waals surface area contributed by atoms with Crippen molar-refractivity contribution in [2.24, 2.45) is 5.73 Å². The second-order valence-electron chi connectivity index (χ2n) is 4.31. The molecule has 1 atom stereocenters. The number of carbonyl (C=O) groups excluding carboxylic acids is 1. The minimum Gasteiger partial charge on any atom is -0.497 e. The van der Waals surface area contributed by atoms with Crippen LogP contribution in [0.25, 0.3) is 0 Å². The van der Waals surface area contributed by atoms with Crippen LogP contribution in [0.2, 0.25) is 0 Å². The number of nitrogens with one attached hydrogen (secondary N) is 1. The number of hydrogen-bond donors (Lipinski definition) is 2. The smallest absolute Gasteiger partial charge is 0.320 e. The first-order valence-corrected chi connectivity index (χ1v) is 7.06. The number of hydrogen-bond acceptors (Lipinski definition) is 4. The SMILES string of the molecule is COc1ccc(CSC2CCN(C(N)=O)C2=N)cc1. The number of likely N-dealkylation sites (tertiary alicyclic amines) is 1. The molecule has 2 amide bonds. The van der Waals surface area contributed by atoms with Crippen LogP contribution in [0.3, 0.4) is 0 Å². The summed E-state index contributed by atoms with van der Waals surface area (Å²) in [5, 5.41) is 7.96. The summed E-state index contributed by atoms with van der Waals surface area (Å²) in [6, 6.07) is 7.33. The van der Waals surface area contributed by atoms with Crippen molar-refractivity contribution in [1.82, 2.24) is 4.90 Å². The molecule has 6 heteroatoms. The average molecular weight is 279 g/mol. The van der Waals surface area contributed by atoms with Gasteiger partial charge in [-0.2, -0.15) is 0 Å². The number of carbonyl (C=O) groups is 1. The molecule has 1 fully saturated rings. The molecule has 0 radical (unpaired) electrons. The van der Waals surface area contributed by atoms with Crippen molar-refractivity contribution in [3.05, 3.63) is 29.8 Å². The van der Waals surface area contributed by atoms with Crippen molar-refractivity contribution < 1.29 is 9.53 Å². The van der Waals surface area contributed by atoms with Gasteiger partial charge in [0.2, 0.25) is 0 Å². The van der Waals surface area contributed by atoms with Crippen LogP contribution in [-0.4, -0.2) is 35.7 Å². The molecule has 0 aliphatic carbocycles. The standard InChI is InChI=1S/C13H17N3O2S/c1-18-10-4-2-9(3-5-10)8-19-11-6-7-16(12(11)14)13(15)17/h2-5,11,14H,6-8H2,1H3,(H2,15,17). The molecule has 1 aromatic rings. The number of rotatable bonds is 4. The number of amidine groups is 1. The molecule has 0 bridgehead atoms. The zero-order chi connectivity index (χ0) is 13.8. The van der Waals surface area contributed by atoms with Gasteiger partial charge < -0.3 is 10.5 Å². The molecule has 3 N–H and O–H groups in total. The summed E-state index contributed by atoms with van der Waals surface area (Å²) in [6.45, 7) is 0.550. The van der Waals surface area contributed by atoms with Gasteiger partial charge in [-0.1, -0.05) is 12.1 Å². The number of benzene rings is 1. The quantitative estimate of drug-likeness (QED) is 0.885. The van der Waals surface area contributed by atoms with Gasteiger partial charge >= 0.3 is 6.03 Å². The third-order valence-corrected chi connectivity index (χ3v) is 4.45. The fraction of sp³-hybridized carbons (Fsp3) is 0.385. The van der Waals surface area contributed by atoms with Gasteiger partial charge in [-0.05, 0) is 24.1 Å². The van der Waals surface area contributed by atoms with Crippen LogP contribution in [-0.2, 0) is 5.75 Å². The van der Waals surface area contributed by atoms with Gasteiger partial charge in [0, 0.05) is 12.3 Å². The molecule has 1 aromatic carbocycles. The minimum absolute atomic E-state index is 0.0506. The van der Waals surface area contributed by atoms with E-state index in [0.29, 0.717) is 12.4 Å². The molecular weight excluding hydrogens is 262 g/mol. The van der Waals surface area contributed by atoms with Gasteiger partial charge in [-0.3, -0.25) is 10.3 Å². The highest BCUT2D eigenvalue weighted by atomic mass is 32.2. The molecule has 19 heavy (non-hydrogen) atoms. The Morgan fingerprint density at radius 1 is 1.53 bits per heavy atom. The predicted octanol–water partition coefficient (Wildman–Crippen LogP) is 2.06. The van der Waals surface area contributed by atoms with Crippen LogP contribution in [0, 0.1) is 5.41 Å². The minimum atomic E-state index is -0.530. The average Bonchev–Trinajstić information content (AvgIpc) is 2.78. The van der Waals surface area contributed by atoms with E-state index in [0.717, 1.165) is 17.9 Å². The van der Waals surface area contributed by atoms with Crippen molar-refractivity contribution in [3.63, 3.8) is 0 Å². The molecule has 1 aliphatic rings. The first-order valence-electron chi connectivity index (χ1n) is 6.01. The number of nitrogens with two attached hydrogens (primary N) is 1. The molecule has 0 aromatic heterocycles. The van der Waals surface area contributed by atoms with Crippen LogP contribution in [0.4, 0.5) is 4.79 Å². The van der Waals surface area contributed by atoms with E-state index in [2.05, 4.69) is 0 Å². The number of methoxy groups -OCH3 is 1. The Morgan fingerprint density at radius 2 is 2.21 bits per heavy atom. The lowest BCUT2D eigenvalue weighted by molar-refractivity contribution is 0.232. The number of urea groups is 1. The number of nitrogens with zero attached hydrogens (tertiary/aromatic N) is 1. The van der Waals surface area contributed by atoms with Gasteiger partial charge in [-0.15, -0.1) is 11.8 Å². The first-order chi connectivity index (χ1) is 9.11. The Kier molecular flexibility index (Phi) is 4.31. The topological polar surface area (TPSA) is 79.4 Å². The number of amides is 2. The van der Waals surface area contributed by atoms with Crippen molar-refractivity contribution in [1.29, 1.82) is 5.41 Å². The molecule has 5 nitrogen and oxygen atoms in total. The maximum Gasteiger partial charge on any atom is 0.320 e.